The maximum absolute atomic E-state index is 12.7. The lowest BCUT2D eigenvalue weighted by molar-refractivity contribution is -0.116. The first kappa shape index (κ1) is 20.1. The zero-order valence-corrected chi connectivity index (χ0v) is 16.9. The highest BCUT2D eigenvalue weighted by Crippen LogP contribution is 2.37. The summed E-state index contributed by atoms with van der Waals surface area (Å²) in [6.07, 6.45) is 1.70. The molecule has 0 N–H and O–H groups in total. The molecule has 0 unspecified atom stereocenters. The van der Waals surface area contributed by atoms with Crippen LogP contribution >= 0.6 is 11.6 Å². The highest BCUT2D eigenvalue weighted by molar-refractivity contribution is 6.29. The minimum absolute atomic E-state index is 0.124. The van der Waals surface area contributed by atoms with E-state index in [9.17, 15) is 4.79 Å². The molecule has 2 aromatic rings. The van der Waals surface area contributed by atoms with Crippen molar-refractivity contribution in [3.63, 3.8) is 0 Å². The molecule has 2 aromatic carbocycles. The van der Waals surface area contributed by atoms with Crippen molar-refractivity contribution in [1.82, 2.24) is 0 Å². The lowest BCUT2D eigenvalue weighted by Crippen LogP contribution is -2.32. The molecule has 0 spiro atoms. The van der Waals surface area contributed by atoms with Gasteiger partial charge in [-0.15, -0.1) is 11.6 Å². The molecule has 0 aliphatic carbocycles. The largest absolute Gasteiger partial charge is 0.489 e. The number of halogens is 1. The standard InChI is InChI=1S/C22H24ClNO4/c1-4-10-26-19-7-5-6-17(15(2)3)18(19)13-24(22(25)12-23)16-8-9-20-21(11-16)28-14-27-20/h4-9,11,15H,1,10,12-14H2,2-3H3. The number of hydrogen-bond donors (Lipinski definition) is 0. The highest BCUT2D eigenvalue weighted by Gasteiger charge is 2.23. The van der Waals surface area contributed by atoms with Crippen molar-refractivity contribution in [2.24, 2.45) is 0 Å². The summed E-state index contributed by atoms with van der Waals surface area (Å²) in [7, 11) is 0. The molecule has 0 saturated heterocycles. The van der Waals surface area contributed by atoms with Gasteiger partial charge in [-0.2, -0.15) is 0 Å². The zero-order chi connectivity index (χ0) is 20.1. The Morgan fingerprint density at radius 3 is 2.79 bits per heavy atom. The SMILES string of the molecule is C=CCOc1cccc(C(C)C)c1CN(C(=O)CCl)c1ccc2c(c1)OCO2. The Morgan fingerprint density at radius 1 is 1.29 bits per heavy atom. The Morgan fingerprint density at radius 2 is 2.07 bits per heavy atom. The molecular weight excluding hydrogens is 378 g/mol. The minimum atomic E-state index is -0.200. The van der Waals surface area contributed by atoms with Crippen molar-refractivity contribution in [2.45, 2.75) is 26.3 Å². The van der Waals surface area contributed by atoms with Gasteiger partial charge in [-0.1, -0.05) is 38.6 Å². The number of nitrogens with zero attached hydrogens (tertiary/aromatic N) is 1. The number of carbonyl (C=O) groups excluding carboxylic acids is 1. The van der Waals surface area contributed by atoms with Crippen LogP contribution in [0.1, 0.15) is 30.9 Å². The third-order valence-electron chi connectivity index (χ3n) is 4.55. The lowest BCUT2D eigenvalue weighted by atomic mass is 9.96. The Bertz CT molecular complexity index is 866. The van der Waals surface area contributed by atoms with Crippen LogP contribution in [0, 0.1) is 0 Å². The van der Waals surface area contributed by atoms with Gasteiger partial charge in [-0.05, 0) is 29.7 Å². The van der Waals surface area contributed by atoms with Gasteiger partial charge in [0.1, 0.15) is 18.2 Å². The fourth-order valence-electron chi connectivity index (χ4n) is 3.18. The summed E-state index contributed by atoms with van der Waals surface area (Å²) in [5.41, 5.74) is 2.77. The summed E-state index contributed by atoms with van der Waals surface area (Å²) in [5, 5.41) is 0. The van der Waals surface area contributed by atoms with Crippen molar-refractivity contribution in [3.05, 3.63) is 60.2 Å². The van der Waals surface area contributed by atoms with Gasteiger partial charge in [0.05, 0.1) is 6.54 Å². The second-order valence-electron chi connectivity index (χ2n) is 6.73. The second kappa shape index (κ2) is 9.02. The van der Waals surface area contributed by atoms with E-state index in [2.05, 4.69) is 26.5 Å². The van der Waals surface area contributed by atoms with E-state index in [4.69, 9.17) is 25.8 Å². The fraction of sp³-hybridized carbons (Fsp3) is 0.318. The maximum Gasteiger partial charge on any atom is 0.242 e. The Hall–Kier alpha value is -2.66. The molecule has 1 aliphatic heterocycles. The first-order chi connectivity index (χ1) is 13.5. The summed E-state index contributed by atoms with van der Waals surface area (Å²) in [6.45, 7) is 8.85. The highest BCUT2D eigenvalue weighted by atomic mass is 35.5. The summed E-state index contributed by atoms with van der Waals surface area (Å²) in [6, 6.07) is 11.4. The molecule has 3 rings (SSSR count). The van der Waals surface area contributed by atoms with E-state index < -0.39 is 0 Å². The van der Waals surface area contributed by atoms with Crippen LogP contribution in [-0.4, -0.2) is 25.2 Å². The number of anilines is 1. The predicted molar refractivity (Wildman–Crippen MR) is 111 cm³/mol. The number of rotatable bonds is 8. The van der Waals surface area contributed by atoms with E-state index in [0.717, 1.165) is 16.9 Å². The second-order valence-corrected chi connectivity index (χ2v) is 7.00. The monoisotopic (exact) mass is 401 g/mol. The van der Waals surface area contributed by atoms with Crippen LogP contribution in [0.2, 0.25) is 0 Å². The predicted octanol–water partition coefficient (Wildman–Crippen LogP) is 4.88. The van der Waals surface area contributed by atoms with Gasteiger partial charge in [0.2, 0.25) is 12.7 Å². The van der Waals surface area contributed by atoms with Gasteiger partial charge in [0.15, 0.2) is 11.5 Å². The zero-order valence-electron chi connectivity index (χ0n) is 16.1. The van der Waals surface area contributed by atoms with E-state index in [1.807, 2.05) is 18.2 Å². The first-order valence-electron chi connectivity index (χ1n) is 9.16. The number of ether oxygens (including phenoxy) is 3. The maximum atomic E-state index is 12.7. The number of fused-ring (bicyclic) bond motifs is 1. The van der Waals surface area contributed by atoms with Crippen molar-refractivity contribution in [1.29, 1.82) is 0 Å². The molecule has 0 fully saturated rings. The number of alkyl halides is 1. The Labute approximate surface area is 170 Å². The molecule has 1 aliphatic rings. The molecule has 148 valence electrons. The summed E-state index contributed by atoms with van der Waals surface area (Å²) >= 11 is 5.91. The van der Waals surface area contributed by atoms with E-state index in [-0.39, 0.29) is 24.5 Å². The summed E-state index contributed by atoms with van der Waals surface area (Å²) in [5.74, 6) is 1.96. The van der Waals surface area contributed by atoms with Gasteiger partial charge in [-0.25, -0.2) is 0 Å². The lowest BCUT2D eigenvalue weighted by Gasteiger charge is -2.26. The Kier molecular flexibility index (Phi) is 6.47. The van der Waals surface area contributed by atoms with Gasteiger partial charge in [0.25, 0.3) is 0 Å². The fourth-order valence-corrected chi connectivity index (χ4v) is 3.33. The van der Waals surface area contributed by atoms with Crippen LogP contribution in [0.4, 0.5) is 5.69 Å². The van der Waals surface area contributed by atoms with E-state index >= 15 is 0 Å². The molecule has 0 atom stereocenters. The molecule has 0 saturated carbocycles. The molecular formula is C22H24ClNO4. The normalized spacial score (nSPS) is 12.1. The molecule has 0 aromatic heterocycles. The number of carbonyl (C=O) groups is 1. The van der Waals surface area contributed by atoms with Crippen LogP contribution in [0.25, 0.3) is 0 Å². The number of hydrogen-bond acceptors (Lipinski definition) is 4. The molecule has 6 heteroatoms. The topological polar surface area (TPSA) is 48.0 Å². The smallest absolute Gasteiger partial charge is 0.242 e. The van der Waals surface area contributed by atoms with E-state index in [1.165, 1.54) is 0 Å². The van der Waals surface area contributed by atoms with Gasteiger partial charge in [-0.3, -0.25) is 4.79 Å². The summed E-state index contributed by atoms with van der Waals surface area (Å²) in [4.78, 5) is 14.3. The number of amides is 1. The molecule has 0 bridgehead atoms. The van der Waals surface area contributed by atoms with Crippen LogP contribution in [-0.2, 0) is 11.3 Å². The van der Waals surface area contributed by atoms with Crippen LogP contribution in [0.15, 0.2) is 49.1 Å². The first-order valence-corrected chi connectivity index (χ1v) is 9.70. The Balaban J connectivity index is 2.01. The average molecular weight is 402 g/mol. The minimum Gasteiger partial charge on any atom is -0.489 e. The van der Waals surface area contributed by atoms with Crippen LogP contribution in [0.3, 0.4) is 0 Å². The number of benzene rings is 2. The van der Waals surface area contributed by atoms with Crippen molar-refractivity contribution >= 4 is 23.2 Å². The molecule has 1 heterocycles. The van der Waals surface area contributed by atoms with Gasteiger partial charge in [0, 0.05) is 17.3 Å². The van der Waals surface area contributed by atoms with Gasteiger partial charge >= 0.3 is 0 Å². The third-order valence-corrected chi connectivity index (χ3v) is 4.78. The molecule has 1 amide bonds. The van der Waals surface area contributed by atoms with Crippen LogP contribution in [0.5, 0.6) is 17.2 Å². The molecule has 0 radical (unpaired) electrons. The van der Waals surface area contributed by atoms with E-state index in [1.54, 1.807) is 23.1 Å². The van der Waals surface area contributed by atoms with Crippen molar-refractivity contribution < 1.29 is 19.0 Å². The van der Waals surface area contributed by atoms with E-state index in [0.29, 0.717) is 30.3 Å². The van der Waals surface area contributed by atoms with Crippen molar-refractivity contribution in [3.8, 4) is 17.2 Å². The third kappa shape index (κ3) is 4.25. The summed E-state index contributed by atoms with van der Waals surface area (Å²) < 4.78 is 16.7. The quantitative estimate of drug-likeness (QED) is 0.467. The average Bonchev–Trinajstić information content (AvgIpc) is 3.17. The molecule has 28 heavy (non-hydrogen) atoms. The van der Waals surface area contributed by atoms with Crippen molar-refractivity contribution in [2.75, 3.05) is 24.2 Å². The van der Waals surface area contributed by atoms with Gasteiger partial charge < -0.3 is 19.1 Å². The van der Waals surface area contributed by atoms with Crippen LogP contribution < -0.4 is 19.1 Å². The molecule has 5 nitrogen and oxygen atoms in total.